The number of nitrogens with two attached hydrogens (primary N) is 1. The maximum Gasteiger partial charge on any atom is 0.265 e. The second-order valence-corrected chi connectivity index (χ2v) is 6.55. The summed E-state index contributed by atoms with van der Waals surface area (Å²) in [6, 6.07) is 17.8. The third-order valence-corrected chi connectivity index (χ3v) is 4.34. The summed E-state index contributed by atoms with van der Waals surface area (Å²) in [7, 11) is 0. The number of hydrogen-bond acceptors (Lipinski definition) is 4. The first-order chi connectivity index (χ1) is 14.3. The van der Waals surface area contributed by atoms with E-state index in [-0.39, 0.29) is 11.7 Å². The van der Waals surface area contributed by atoms with Crippen molar-refractivity contribution in [2.75, 3.05) is 5.32 Å². The molecule has 0 saturated carbocycles. The highest BCUT2D eigenvalue weighted by molar-refractivity contribution is 6.09. The van der Waals surface area contributed by atoms with Gasteiger partial charge in [-0.15, -0.1) is 0 Å². The Morgan fingerprint density at radius 2 is 1.33 bits per heavy atom. The molecule has 30 heavy (non-hydrogen) atoms. The second-order valence-electron chi connectivity index (χ2n) is 6.55. The molecule has 3 N–H and O–H groups in total. The van der Waals surface area contributed by atoms with Crippen LogP contribution in [0.4, 0.5) is 10.1 Å². The number of benzene rings is 3. The number of ether oxygens (including phenoxy) is 1. The number of amides is 2. The molecule has 0 aliphatic carbocycles. The molecule has 0 aliphatic heterocycles. The molecule has 0 aromatic heterocycles. The molecular weight excluding hydrogens is 387 g/mol. The number of rotatable bonds is 7. The van der Waals surface area contributed by atoms with E-state index in [4.69, 9.17) is 10.5 Å². The molecular formula is C23H19FN2O4. The molecule has 0 radical (unpaired) electrons. The summed E-state index contributed by atoms with van der Waals surface area (Å²) in [6.07, 6.45) is -0.806. The number of hydrogen-bond donors (Lipinski definition) is 2. The highest BCUT2D eigenvalue weighted by Gasteiger charge is 2.16. The molecule has 0 saturated heterocycles. The highest BCUT2D eigenvalue weighted by atomic mass is 19.1. The number of halogens is 1. The molecule has 7 heteroatoms. The fourth-order valence-corrected chi connectivity index (χ4v) is 2.67. The summed E-state index contributed by atoms with van der Waals surface area (Å²) in [6.45, 7) is 1.59. The number of ketones is 1. The van der Waals surface area contributed by atoms with E-state index >= 15 is 0 Å². The number of nitrogens with one attached hydrogen (secondary N) is 1. The monoisotopic (exact) mass is 406 g/mol. The van der Waals surface area contributed by atoms with Gasteiger partial charge >= 0.3 is 0 Å². The predicted octanol–water partition coefficient (Wildman–Crippen LogP) is 3.56. The second kappa shape index (κ2) is 9.00. The number of primary amides is 1. The van der Waals surface area contributed by atoms with Gasteiger partial charge in [-0.3, -0.25) is 14.4 Å². The van der Waals surface area contributed by atoms with E-state index in [9.17, 15) is 18.8 Å². The van der Waals surface area contributed by atoms with Crippen molar-refractivity contribution in [2.24, 2.45) is 5.73 Å². The number of anilines is 1. The molecule has 1 unspecified atom stereocenters. The van der Waals surface area contributed by atoms with Gasteiger partial charge in [-0.2, -0.15) is 0 Å². The van der Waals surface area contributed by atoms with Gasteiger partial charge in [0.05, 0.1) is 0 Å². The molecule has 0 fully saturated rings. The molecule has 0 aliphatic rings. The Morgan fingerprint density at radius 3 is 1.87 bits per heavy atom. The Balaban J connectivity index is 1.60. The molecule has 0 bridgehead atoms. The van der Waals surface area contributed by atoms with E-state index in [1.54, 1.807) is 43.3 Å². The minimum atomic E-state index is -0.806. The molecule has 1 atom stereocenters. The standard InChI is InChI=1S/C23H19FN2O4/c1-14(23(29)26-19-10-4-17(5-11-19)22(25)28)30-20-12-6-16(7-13-20)21(27)15-2-8-18(24)9-3-15/h2-14H,1H3,(H2,25,28)(H,26,29). The van der Waals surface area contributed by atoms with Crippen LogP contribution < -0.4 is 15.8 Å². The van der Waals surface area contributed by atoms with E-state index in [1.807, 2.05) is 0 Å². The fraction of sp³-hybridized carbons (Fsp3) is 0.0870. The quantitative estimate of drug-likeness (QED) is 0.586. The van der Waals surface area contributed by atoms with Crippen LogP contribution in [-0.2, 0) is 4.79 Å². The molecule has 152 valence electrons. The lowest BCUT2D eigenvalue weighted by Gasteiger charge is -2.15. The number of carbonyl (C=O) groups is 3. The van der Waals surface area contributed by atoms with Crippen LogP contribution in [0, 0.1) is 5.82 Å². The van der Waals surface area contributed by atoms with Gasteiger partial charge in [-0.05, 0) is 79.7 Å². The molecule has 3 aromatic carbocycles. The lowest BCUT2D eigenvalue weighted by molar-refractivity contribution is -0.122. The van der Waals surface area contributed by atoms with Crippen molar-refractivity contribution < 1.29 is 23.5 Å². The lowest BCUT2D eigenvalue weighted by atomic mass is 10.0. The summed E-state index contributed by atoms with van der Waals surface area (Å²) in [5.74, 6) is -1.17. The molecule has 0 heterocycles. The average molecular weight is 406 g/mol. The van der Waals surface area contributed by atoms with Crippen LogP contribution in [0.25, 0.3) is 0 Å². The minimum absolute atomic E-state index is 0.244. The lowest BCUT2D eigenvalue weighted by Crippen LogP contribution is -2.30. The van der Waals surface area contributed by atoms with Crippen LogP contribution in [0.1, 0.15) is 33.2 Å². The van der Waals surface area contributed by atoms with E-state index in [0.717, 1.165) is 0 Å². The van der Waals surface area contributed by atoms with Crippen LogP contribution in [0.15, 0.2) is 72.8 Å². The molecule has 3 aromatic rings. The van der Waals surface area contributed by atoms with E-state index in [1.165, 1.54) is 36.4 Å². The number of carbonyl (C=O) groups excluding carboxylic acids is 3. The van der Waals surface area contributed by atoms with E-state index < -0.39 is 17.8 Å². The normalized spacial score (nSPS) is 11.4. The summed E-state index contributed by atoms with van der Waals surface area (Å²) >= 11 is 0. The maximum atomic E-state index is 13.0. The van der Waals surface area contributed by atoms with Crippen molar-refractivity contribution >= 4 is 23.3 Å². The summed E-state index contributed by atoms with van der Waals surface area (Å²) in [5, 5.41) is 2.68. The Bertz CT molecular complexity index is 1060. The van der Waals surface area contributed by atoms with Gasteiger partial charge in [0, 0.05) is 22.4 Å². The summed E-state index contributed by atoms with van der Waals surface area (Å²) < 4.78 is 18.6. The van der Waals surface area contributed by atoms with Gasteiger partial charge < -0.3 is 15.8 Å². The topological polar surface area (TPSA) is 98.5 Å². The van der Waals surface area contributed by atoms with Crippen LogP contribution in [-0.4, -0.2) is 23.7 Å². The smallest absolute Gasteiger partial charge is 0.265 e. The first-order valence-corrected chi connectivity index (χ1v) is 9.11. The van der Waals surface area contributed by atoms with Crippen molar-refractivity contribution in [1.29, 1.82) is 0 Å². The largest absolute Gasteiger partial charge is 0.481 e. The Morgan fingerprint density at radius 1 is 0.833 bits per heavy atom. The molecule has 2 amide bonds. The van der Waals surface area contributed by atoms with Crippen molar-refractivity contribution in [2.45, 2.75) is 13.0 Å². The first kappa shape index (κ1) is 20.7. The zero-order valence-electron chi connectivity index (χ0n) is 16.1. The first-order valence-electron chi connectivity index (χ1n) is 9.11. The SMILES string of the molecule is CC(Oc1ccc(C(=O)c2ccc(F)cc2)cc1)C(=O)Nc1ccc(C(N)=O)cc1. The van der Waals surface area contributed by atoms with Crippen molar-refractivity contribution in [1.82, 2.24) is 0 Å². The van der Waals surface area contributed by atoms with Gasteiger partial charge in [-0.1, -0.05) is 0 Å². The van der Waals surface area contributed by atoms with Crippen LogP contribution in [0.3, 0.4) is 0 Å². The zero-order chi connectivity index (χ0) is 21.7. The minimum Gasteiger partial charge on any atom is -0.481 e. The van der Waals surface area contributed by atoms with Gasteiger partial charge in [0.2, 0.25) is 5.91 Å². The average Bonchev–Trinajstić information content (AvgIpc) is 2.74. The van der Waals surface area contributed by atoms with Gasteiger partial charge in [0.25, 0.3) is 5.91 Å². The van der Waals surface area contributed by atoms with Crippen LogP contribution in [0.2, 0.25) is 0 Å². The summed E-state index contributed by atoms with van der Waals surface area (Å²) in [4.78, 5) is 35.8. The molecule has 6 nitrogen and oxygen atoms in total. The highest BCUT2D eigenvalue weighted by Crippen LogP contribution is 2.18. The van der Waals surface area contributed by atoms with Crippen LogP contribution >= 0.6 is 0 Å². The zero-order valence-corrected chi connectivity index (χ0v) is 16.1. The maximum absolute atomic E-state index is 13.0. The van der Waals surface area contributed by atoms with Gasteiger partial charge in [0.15, 0.2) is 11.9 Å². The molecule has 0 spiro atoms. The Labute approximate surface area is 172 Å². The van der Waals surface area contributed by atoms with Crippen molar-refractivity contribution in [3.63, 3.8) is 0 Å². The third-order valence-electron chi connectivity index (χ3n) is 4.34. The Kier molecular flexibility index (Phi) is 6.22. The third kappa shape index (κ3) is 5.08. The van der Waals surface area contributed by atoms with Crippen molar-refractivity contribution in [3.8, 4) is 5.75 Å². The summed E-state index contributed by atoms with van der Waals surface area (Å²) in [5.41, 5.74) is 6.82. The van der Waals surface area contributed by atoms with Crippen LogP contribution in [0.5, 0.6) is 5.75 Å². The fourth-order valence-electron chi connectivity index (χ4n) is 2.67. The Hall–Kier alpha value is -4.00. The van der Waals surface area contributed by atoms with E-state index in [0.29, 0.717) is 28.1 Å². The van der Waals surface area contributed by atoms with Gasteiger partial charge in [0.1, 0.15) is 11.6 Å². The van der Waals surface area contributed by atoms with Crippen molar-refractivity contribution in [3.05, 3.63) is 95.3 Å². The van der Waals surface area contributed by atoms with E-state index in [2.05, 4.69) is 5.32 Å². The molecule has 3 rings (SSSR count). The predicted molar refractivity (Wildman–Crippen MR) is 110 cm³/mol. The van der Waals surface area contributed by atoms with Gasteiger partial charge in [-0.25, -0.2) is 4.39 Å².